The third kappa shape index (κ3) is 1.58. The Morgan fingerprint density at radius 3 is 2.71 bits per heavy atom. The van der Waals surface area contributed by atoms with Gasteiger partial charge in [0.2, 0.25) is 0 Å². The average Bonchev–Trinajstić information content (AvgIpc) is 2.61. The molecule has 1 aromatic carbocycles. The first-order valence-corrected chi connectivity index (χ1v) is 4.91. The Morgan fingerprint density at radius 2 is 2.14 bits per heavy atom. The van der Waals surface area contributed by atoms with Crippen LogP contribution in [0, 0.1) is 0 Å². The van der Waals surface area contributed by atoms with E-state index in [4.69, 9.17) is 0 Å². The third-order valence-electron chi connectivity index (χ3n) is 2.57. The van der Waals surface area contributed by atoms with Crippen molar-refractivity contribution < 1.29 is 4.79 Å². The molecule has 1 saturated heterocycles. The molecule has 3 heteroatoms. The summed E-state index contributed by atoms with van der Waals surface area (Å²) in [4.78, 5) is 13.2. The molecule has 0 saturated carbocycles. The molecule has 0 aromatic heterocycles. The molecule has 1 fully saturated rings. The molecule has 1 aromatic rings. The topological polar surface area (TPSA) is 32.3 Å². The van der Waals surface area contributed by atoms with Gasteiger partial charge in [0.15, 0.2) is 0 Å². The number of carbonyl (C=O) groups is 1. The van der Waals surface area contributed by atoms with Crippen LogP contribution in [0.5, 0.6) is 0 Å². The van der Waals surface area contributed by atoms with Gasteiger partial charge in [0.25, 0.3) is 0 Å². The summed E-state index contributed by atoms with van der Waals surface area (Å²) >= 11 is 0. The van der Waals surface area contributed by atoms with Crippen LogP contribution >= 0.6 is 0 Å². The summed E-state index contributed by atoms with van der Waals surface area (Å²) in [6, 6.07) is 10.3. The van der Waals surface area contributed by atoms with E-state index >= 15 is 0 Å². The maximum Gasteiger partial charge on any atom is 0.318 e. The van der Waals surface area contributed by atoms with Gasteiger partial charge < -0.3 is 10.2 Å². The molecule has 1 aliphatic heterocycles. The highest BCUT2D eigenvalue weighted by Crippen LogP contribution is 2.19. The van der Waals surface area contributed by atoms with E-state index in [9.17, 15) is 4.79 Å². The zero-order valence-electron chi connectivity index (χ0n) is 8.23. The lowest BCUT2D eigenvalue weighted by Gasteiger charge is -2.11. The van der Waals surface area contributed by atoms with E-state index in [0.717, 1.165) is 13.1 Å². The predicted octanol–water partition coefficient (Wildman–Crippen LogP) is 1.77. The number of amides is 2. The van der Waals surface area contributed by atoms with E-state index in [1.165, 1.54) is 5.56 Å². The molecule has 0 spiro atoms. The molecule has 2 amide bonds. The van der Waals surface area contributed by atoms with Crippen molar-refractivity contribution in [3.63, 3.8) is 0 Å². The average molecular weight is 190 g/mol. The summed E-state index contributed by atoms with van der Waals surface area (Å²) in [5.74, 6) is 0. The first-order valence-electron chi connectivity index (χ1n) is 4.91. The van der Waals surface area contributed by atoms with E-state index in [1.54, 1.807) is 0 Å². The third-order valence-corrected chi connectivity index (χ3v) is 2.57. The van der Waals surface area contributed by atoms with Crippen molar-refractivity contribution in [1.82, 2.24) is 10.2 Å². The summed E-state index contributed by atoms with van der Waals surface area (Å²) in [5.41, 5.74) is 1.18. The van der Waals surface area contributed by atoms with Crippen molar-refractivity contribution in [3.8, 4) is 0 Å². The number of hydrogen-bond donors (Lipinski definition) is 1. The minimum Gasteiger partial charge on any atom is -0.329 e. The van der Waals surface area contributed by atoms with Crippen LogP contribution in [0.15, 0.2) is 30.3 Å². The second-order valence-electron chi connectivity index (χ2n) is 3.45. The quantitative estimate of drug-likeness (QED) is 0.757. The van der Waals surface area contributed by atoms with Gasteiger partial charge in [-0.05, 0) is 12.5 Å². The van der Waals surface area contributed by atoms with Crippen molar-refractivity contribution in [1.29, 1.82) is 0 Å². The maximum atomic E-state index is 11.4. The number of nitrogens with zero attached hydrogens (tertiary/aromatic N) is 1. The van der Waals surface area contributed by atoms with Crippen LogP contribution in [0.4, 0.5) is 4.79 Å². The lowest BCUT2D eigenvalue weighted by atomic mass is 10.1. The van der Waals surface area contributed by atoms with Crippen LogP contribution in [-0.2, 0) is 0 Å². The Balaban J connectivity index is 2.13. The number of likely N-dealkylation sites (N-methyl/N-ethyl adjacent to an activating group) is 1. The normalized spacial score (nSPS) is 21.1. The molecule has 0 aliphatic carbocycles. The predicted molar refractivity (Wildman–Crippen MR) is 55.0 cm³/mol. The van der Waals surface area contributed by atoms with Gasteiger partial charge in [-0.1, -0.05) is 30.3 Å². The van der Waals surface area contributed by atoms with E-state index in [0.29, 0.717) is 0 Å². The van der Waals surface area contributed by atoms with Crippen LogP contribution < -0.4 is 5.32 Å². The monoisotopic (exact) mass is 190 g/mol. The molecule has 1 unspecified atom stereocenters. The van der Waals surface area contributed by atoms with Gasteiger partial charge in [0.1, 0.15) is 0 Å². The fourth-order valence-corrected chi connectivity index (χ4v) is 1.74. The molecular weight excluding hydrogens is 176 g/mol. The fraction of sp³-hybridized carbons (Fsp3) is 0.364. The van der Waals surface area contributed by atoms with E-state index in [2.05, 4.69) is 5.32 Å². The number of carbonyl (C=O) groups excluding carboxylic acids is 1. The standard InChI is InChI=1S/C11H14N2O/c1-2-13-8-10(12-11(13)14)9-6-4-3-5-7-9/h3-7,10H,2,8H2,1H3,(H,12,14). The highest BCUT2D eigenvalue weighted by Gasteiger charge is 2.27. The summed E-state index contributed by atoms with van der Waals surface area (Å²) < 4.78 is 0. The Hall–Kier alpha value is -1.51. The second-order valence-corrected chi connectivity index (χ2v) is 3.45. The molecule has 3 nitrogen and oxygen atoms in total. The molecule has 74 valence electrons. The van der Waals surface area contributed by atoms with Gasteiger partial charge in [0, 0.05) is 13.1 Å². The Morgan fingerprint density at radius 1 is 1.43 bits per heavy atom. The van der Waals surface area contributed by atoms with Gasteiger partial charge in [-0.15, -0.1) is 0 Å². The van der Waals surface area contributed by atoms with Crippen LogP contribution in [-0.4, -0.2) is 24.0 Å². The van der Waals surface area contributed by atoms with Gasteiger partial charge in [-0.25, -0.2) is 4.79 Å². The Kier molecular flexibility index (Phi) is 2.39. The van der Waals surface area contributed by atoms with Crippen molar-refractivity contribution in [2.45, 2.75) is 13.0 Å². The number of urea groups is 1. The highest BCUT2D eigenvalue weighted by atomic mass is 16.2. The summed E-state index contributed by atoms with van der Waals surface area (Å²) in [6.07, 6.45) is 0. The molecule has 0 bridgehead atoms. The second kappa shape index (κ2) is 3.70. The molecule has 1 N–H and O–H groups in total. The lowest BCUT2D eigenvalue weighted by molar-refractivity contribution is 0.219. The number of hydrogen-bond acceptors (Lipinski definition) is 1. The number of benzene rings is 1. The van der Waals surface area contributed by atoms with Crippen molar-refractivity contribution in [3.05, 3.63) is 35.9 Å². The minimum atomic E-state index is 0.0429. The van der Waals surface area contributed by atoms with Gasteiger partial charge in [0.05, 0.1) is 6.04 Å². The smallest absolute Gasteiger partial charge is 0.318 e. The molecular formula is C11H14N2O. The maximum absolute atomic E-state index is 11.4. The van der Waals surface area contributed by atoms with E-state index < -0.39 is 0 Å². The zero-order valence-corrected chi connectivity index (χ0v) is 8.23. The SMILES string of the molecule is CCN1CC(c2ccccc2)NC1=O. The molecule has 1 atom stereocenters. The first-order chi connectivity index (χ1) is 6.81. The largest absolute Gasteiger partial charge is 0.329 e. The van der Waals surface area contributed by atoms with Gasteiger partial charge in [-0.3, -0.25) is 0 Å². The van der Waals surface area contributed by atoms with Crippen LogP contribution in [0.25, 0.3) is 0 Å². The summed E-state index contributed by atoms with van der Waals surface area (Å²) in [5, 5.41) is 2.96. The summed E-state index contributed by atoms with van der Waals surface area (Å²) in [6.45, 7) is 3.54. The van der Waals surface area contributed by atoms with Crippen LogP contribution in [0.2, 0.25) is 0 Å². The molecule has 1 aliphatic rings. The number of rotatable bonds is 2. The number of nitrogens with one attached hydrogen (secondary N) is 1. The first kappa shape index (κ1) is 9.06. The van der Waals surface area contributed by atoms with E-state index in [1.807, 2.05) is 42.2 Å². The van der Waals surface area contributed by atoms with E-state index in [-0.39, 0.29) is 12.1 Å². The van der Waals surface area contributed by atoms with Gasteiger partial charge >= 0.3 is 6.03 Å². The Labute approximate surface area is 83.7 Å². The van der Waals surface area contributed by atoms with Crippen molar-refractivity contribution >= 4 is 6.03 Å². The molecule has 14 heavy (non-hydrogen) atoms. The Bertz CT molecular complexity index is 323. The fourth-order valence-electron chi connectivity index (χ4n) is 1.74. The lowest BCUT2D eigenvalue weighted by Crippen LogP contribution is -2.27. The van der Waals surface area contributed by atoms with Crippen LogP contribution in [0.3, 0.4) is 0 Å². The van der Waals surface area contributed by atoms with Gasteiger partial charge in [-0.2, -0.15) is 0 Å². The van der Waals surface area contributed by atoms with Crippen molar-refractivity contribution in [2.24, 2.45) is 0 Å². The molecule has 2 rings (SSSR count). The molecule has 1 heterocycles. The van der Waals surface area contributed by atoms with Crippen molar-refractivity contribution in [2.75, 3.05) is 13.1 Å². The van der Waals surface area contributed by atoms with Crippen LogP contribution in [0.1, 0.15) is 18.5 Å². The highest BCUT2D eigenvalue weighted by molar-refractivity contribution is 5.77. The molecule has 0 radical (unpaired) electrons. The summed E-state index contributed by atoms with van der Waals surface area (Å²) in [7, 11) is 0. The zero-order chi connectivity index (χ0) is 9.97. The minimum absolute atomic E-state index is 0.0429.